The van der Waals surface area contributed by atoms with Gasteiger partial charge in [0, 0.05) is 37.9 Å². The monoisotopic (exact) mass is 1170 g/mol. The van der Waals surface area contributed by atoms with Crippen LogP contribution in [0, 0.1) is 5.41 Å². The number of nitrogens with one attached hydrogen (secondary N) is 12. The molecule has 1 unspecified atom stereocenters. The largest absolute Gasteiger partial charge is 0.508 e. The van der Waals surface area contributed by atoms with Crippen molar-refractivity contribution in [3.05, 3.63) is 114 Å². The zero-order valence-electron chi connectivity index (χ0n) is 49.0. The van der Waals surface area contributed by atoms with Crippen molar-refractivity contribution in [2.45, 2.75) is 159 Å². The lowest BCUT2D eigenvalue weighted by Crippen LogP contribution is -2.60. The average Bonchev–Trinajstić information content (AvgIpc) is 3.67. The molecule has 1 heterocycles. The van der Waals surface area contributed by atoms with Crippen LogP contribution in [0.15, 0.2) is 97.1 Å². The maximum absolute atomic E-state index is 14.9. The molecule has 17 N–H and O–H groups in total. The van der Waals surface area contributed by atoms with Gasteiger partial charge in [-0.3, -0.25) is 48.6 Å². The number of phenols is 1. The standard InChI is InChI=1S/C61H86N14O10/c1-37(2)65-28-12-10-19-45(54(62)79)71-60(85)51-35-52(77)69-49(32-39-15-6-5-7-16-39)58(83)75-50(33-40-23-26-44(76)27-24-40)59(84)73-46(20-11-13-29-66-38(3)4)56(81)72-47(21-14-30-67-61(63)64)57(82)74-48(55(80)68-36-53(78)70-51)34-41-22-25-42-17-8-9-18-43(42)31-41/h5-9,15-18,22-27,31,37-38,45-51,65-66,76H,10-14,19-21,28-30,32-36H2,1-4H3,(H2,62,79)(H,68,80)(H,69,77)(H,70,78)(H,71,85)(H,72,81)(H,73,84)(H,74,82)(H,75,83)(H4,63,64,67)/t45-,46-,47+,48-,49-,50-,51?/m0/s1. The number of rotatable bonds is 25. The number of hydrogen-bond acceptors (Lipinski definition) is 13. The fourth-order valence-corrected chi connectivity index (χ4v) is 9.57. The van der Waals surface area contributed by atoms with Crippen molar-refractivity contribution in [3.63, 3.8) is 0 Å². The van der Waals surface area contributed by atoms with E-state index < -0.39 is 108 Å². The smallest absolute Gasteiger partial charge is 0.243 e. The van der Waals surface area contributed by atoms with Gasteiger partial charge in [0.2, 0.25) is 53.2 Å². The topological polar surface area (TPSA) is 382 Å². The van der Waals surface area contributed by atoms with Gasteiger partial charge in [0.05, 0.1) is 13.0 Å². The minimum Gasteiger partial charge on any atom is -0.508 e. The highest BCUT2D eigenvalue weighted by Gasteiger charge is 2.35. The van der Waals surface area contributed by atoms with Crippen molar-refractivity contribution in [2.24, 2.45) is 11.5 Å². The quantitative estimate of drug-likeness (QED) is 0.0245. The molecule has 1 saturated heterocycles. The van der Waals surface area contributed by atoms with Crippen LogP contribution in [-0.2, 0) is 62.4 Å². The van der Waals surface area contributed by atoms with Crippen LogP contribution in [-0.4, -0.2) is 145 Å². The van der Waals surface area contributed by atoms with Gasteiger partial charge in [0.1, 0.15) is 48.0 Å². The van der Waals surface area contributed by atoms with Gasteiger partial charge in [-0.25, -0.2) is 0 Å². The summed E-state index contributed by atoms with van der Waals surface area (Å²) in [5.74, 6) is -8.15. The first-order chi connectivity index (χ1) is 40.6. The molecule has 5 rings (SSSR count). The van der Waals surface area contributed by atoms with Gasteiger partial charge in [-0.2, -0.15) is 0 Å². The third kappa shape index (κ3) is 24.2. The molecule has 0 spiro atoms. The summed E-state index contributed by atoms with van der Waals surface area (Å²) in [6, 6.07) is 18.1. The maximum atomic E-state index is 14.9. The predicted molar refractivity (Wildman–Crippen MR) is 323 cm³/mol. The second-order valence-electron chi connectivity index (χ2n) is 22.0. The van der Waals surface area contributed by atoms with E-state index in [0.29, 0.717) is 55.5 Å². The van der Waals surface area contributed by atoms with E-state index in [-0.39, 0.29) is 75.3 Å². The molecular formula is C61H86N14O10. The number of primary amides is 1. The van der Waals surface area contributed by atoms with E-state index in [1.165, 1.54) is 12.1 Å². The highest BCUT2D eigenvalue weighted by Crippen LogP contribution is 2.18. The summed E-state index contributed by atoms with van der Waals surface area (Å²) in [7, 11) is 0. The van der Waals surface area contributed by atoms with Crippen LogP contribution in [0.3, 0.4) is 0 Å². The van der Waals surface area contributed by atoms with Gasteiger partial charge >= 0.3 is 0 Å². The highest BCUT2D eigenvalue weighted by molar-refractivity contribution is 5.99. The van der Waals surface area contributed by atoms with Crippen LogP contribution < -0.4 is 70.0 Å². The number of guanidine groups is 1. The fourth-order valence-electron chi connectivity index (χ4n) is 9.57. The second kappa shape index (κ2) is 34.8. The predicted octanol–water partition coefficient (Wildman–Crippen LogP) is 0.572. The molecule has 1 aliphatic heterocycles. The third-order valence-electron chi connectivity index (χ3n) is 14.1. The molecule has 0 bridgehead atoms. The van der Waals surface area contributed by atoms with Crippen molar-refractivity contribution in [3.8, 4) is 5.75 Å². The number of amides is 9. The van der Waals surface area contributed by atoms with Crippen LogP contribution in [0.1, 0.15) is 102 Å². The normalized spacial score (nSPS) is 20.0. The van der Waals surface area contributed by atoms with E-state index in [4.69, 9.17) is 16.9 Å². The zero-order valence-corrected chi connectivity index (χ0v) is 49.0. The number of aromatic hydroxyl groups is 1. The number of hydrogen-bond donors (Lipinski definition) is 15. The molecular weight excluding hydrogens is 1090 g/mol. The minimum atomic E-state index is -1.71. The molecule has 7 atom stereocenters. The molecule has 1 fully saturated rings. The number of carbonyl (C=O) groups is 9. The van der Waals surface area contributed by atoms with E-state index >= 15 is 0 Å². The van der Waals surface area contributed by atoms with Crippen LogP contribution in [0.2, 0.25) is 0 Å². The molecule has 9 amide bonds. The Bertz CT molecular complexity index is 2890. The van der Waals surface area contributed by atoms with Gasteiger partial charge in [-0.05, 0) is 104 Å². The van der Waals surface area contributed by atoms with Crippen molar-refractivity contribution in [2.75, 3.05) is 26.2 Å². The van der Waals surface area contributed by atoms with Crippen LogP contribution in [0.5, 0.6) is 5.75 Å². The van der Waals surface area contributed by atoms with E-state index in [0.717, 1.165) is 10.8 Å². The number of fused-ring (bicyclic) bond motifs is 1. The van der Waals surface area contributed by atoms with E-state index in [2.05, 4.69) is 58.5 Å². The van der Waals surface area contributed by atoms with E-state index in [9.17, 15) is 48.3 Å². The lowest BCUT2D eigenvalue weighted by Gasteiger charge is -2.28. The molecule has 460 valence electrons. The summed E-state index contributed by atoms with van der Waals surface area (Å²) < 4.78 is 0. The van der Waals surface area contributed by atoms with Gasteiger partial charge in [0.15, 0.2) is 5.96 Å². The first-order valence-electron chi connectivity index (χ1n) is 29.2. The average molecular weight is 1180 g/mol. The lowest BCUT2D eigenvalue weighted by molar-refractivity contribution is -0.136. The summed E-state index contributed by atoms with van der Waals surface area (Å²) in [6.07, 6.45) is 1.24. The Hall–Kier alpha value is -8.64. The van der Waals surface area contributed by atoms with Crippen LogP contribution in [0.4, 0.5) is 0 Å². The van der Waals surface area contributed by atoms with Gasteiger partial charge in [-0.1, -0.05) is 113 Å². The van der Waals surface area contributed by atoms with Gasteiger partial charge in [-0.15, -0.1) is 0 Å². The number of carbonyl (C=O) groups excluding carboxylic acids is 9. The van der Waals surface area contributed by atoms with Crippen molar-refractivity contribution in [1.82, 2.24) is 58.5 Å². The number of nitrogens with two attached hydrogens (primary N) is 2. The minimum absolute atomic E-state index is 0.0486. The molecule has 4 aromatic rings. The zero-order chi connectivity index (χ0) is 61.8. The Morgan fingerprint density at radius 1 is 0.553 bits per heavy atom. The Morgan fingerprint density at radius 2 is 1.06 bits per heavy atom. The molecule has 4 aromatic carbocycles. The molecule has 24 heteroatoms. The SMILES string of the molecule is CC(C)NCCCC[C@H](NC(=O)C1CC(=O)N[C@@H](Cc2ccccc2)C(=O)N[C@@H](Cc2ccc(O)cc2)C(=O)N[C@@H](CCCCNC(C)C)C(=O)N[C@H](CCCNC(=N)N)C(=O)N[C@@H](Cc2ccc3ccccc3c2)C(=O)NCC(=O)N1)C(N)=O. The Morgan fingerprint density at radius 3 is 1.66 bits per heavy atom. The second-order valence-corrected chi connectivity index (χ2v) is 22.0. The molecule has 0 aliphatic carbocycles. The van der Waals surface area contributed by atoms with Crippen molar-refractivity contribution >= 4 is 69.9 Å². The number of phenolic OH excluding ortho intramolecular Hbond substituents is 1. The maximum Gasteiger partial charge on any atom is 0.243 e. The van der Waals surface area contributed by atoms with Crippen molar-refractivity contribution < 1.29 is 48.3 Å². The van der Waals surface area contributed by atoms with Crippen LogP contribution >= 0.6 is 0 Å². The molecule has 24 nitrogen and oxygen atoms in total. The van der Waals surface area contributed by atoms with Gasteiger partial charge in [0.25, 0.3) is 0 Å². The summed E-state index contributed by atoms with van der Waals surface area (Å²) in [5, 5.41) is 50.4. The summed E-state index contributed by atoms with van der Waals surface area (Å²) >= 11 is 0. The Kier molecular flexibility index (Phi) is 27.5. The van der Waals surface area contributed by atoms with Crippen molar-refractivity contribution in [1.29, 1.82) is 5.41 Å². The Labute approximate surface area is 496 Å². The highest BCUT2D eigenvalue weighted by atomic mass is 16.3. The summed E-state index contributed by atoms with van der Waals surface area (Å²) in [4.78, 5) is 129. The molecule has 85 heavy (non-hydrogen) atoms. The van der Waals surface area contributed by atoms with E-state index in [1.807, 2.05) is 64.1 Å². The van der Waals surface area contributed by atoms with Gasteiger partial charge < -0.3 is 75.1 Å². The van der Waals surface area contributed by atoms with Crippen LogP contribution in [0.25, 0.3) is 10.8 Å². The first kappa shape index (κ1) is 67.2. The Balaban J connectivity index is 1.59. The third-order valence-corrected chi connectivity index (χ3v) is 14.1. The first-order valence-corrected chi connectivity index (χ1v) is 29.2. The number of benzene rings is 4. The molecule has 0 aromatic heterocycles. The van der Waals surface area contributed by atoms with E-state index in [1.54, 1.807) is 48.5 Å². The number of unbranched alkanes of at least 4 members (excludes halogenated alkanes) is 2. The molecule has 1 aliphatic rings. The lowest BCUT2D eigenvalue weighted by atomic mass is 10.00. The molecule has 0 radical (unpaired) electrons. The summed E-state index contributed by atoms with van der Waals surface area (Å²) in [6.45, 7) is 8.51. The fraction of sp³-hybridized carbons (Fsp3) is 0.475. The molecule has 0 saturated carbocycles. The summed E-state index contributed by atoms with van der Waals surface area (Å²) in [5.41, 5.74) is 13.0.